The van der Waals surface area contributed by atoms with Gasteiger partial charge in [-0.15, -0.1) is 0 Å². The molecule has 4 nitrogen and oxygen atoms in total. The number of hydrogen-bond acceptors (Lipinski definition) is 3. The summed E-state index contributed by atoms with van der Waals surface area (Å²) in [5.41, 5.74) is 0. The summed E-state index contributed by atoms with van der Waals surface area (Å²) in [5.74, 6) is 0.194. The molecular weight excluding hydrogens is 154 g/mol. The fraction of sp³-hybridized carbons (Fsp3) is 0.875. The van der Waals surface area contributed by atoms with Crippen molar-refractivity contribution in [3.8, 4) is 0 Å². The van der Waals surface area contributed by atoms with Gasteiger partial charge in [-0.3, -0.25) is 4.79 Å². The summed E-state index contributed by atoms with van der Waals surface area (Å²) in [6.45, 7) is 2.95. The molecular formula is C8H15N3O. The van der Waals surface area contributed by atoms with Gasteiger partial charge in [0.1, 0.15) is 0 Å². The Morgan fingerprint density at radius 3 is 2.58 bits per heavy atom. The Morgan fingerprint density at radius 2 is 2.08 bits per heavy atom. The molecule has 4 heteroatoms. The van der Waals surface area contributed by atoms with Crippen molar-refractivity contribution in [1.29, 1.82) is 0 Å². The zero-order valence-electron chi connectivity index (χ0n) is 7.10. The molecule has 3 N–H and O–H groups in total. The molecule has 0 aromatic heterocycles. The summed E-state index contributed by atoms with van der Waals surface area (Å²) in [6, 6.07) is 1.12. The van der Waals surface area contributed by atoms with E-state index in [1.54, 1.807) is 0 Å². The second kappa shape index (κ2) is 3.41. The molecule has 2 aliphatic rings. The van der Waals surface area contributed by atoms with Crippen molar-refractivity contribution < 1.29 is 4.79 Å². The molecule has 2 aliphatic heterocycles. The minimum absolute atomic E-state index is 0.194. The Labute approximate surface area is 72.1 Å². The third-order valence-corrected chi connectivity index (χ3v) is 2.52. The molecule has 1 unspecified atom stereocenters. The third-order valence-electron chi connectivity index (χ3n) is 2.52. The van der Waals surface area contributed by atoms with E-state index >= 15 is 0 Å². The van der Waals surface area contributed by atoms with E-state index in [4.69, 9.17) is 0 Å². The lowest BCUT2D eigenvalue weighted by atomic mass is 10.0. The van der Waals surface area contributed by atoms with Gasteiger partial charge in [-0.2, -0.15) is 0 Å². The second-order valence-electron chi connectivity index (χ2n) is 3.56. The van der Waals surface area contributed by atoms with Gasteiger partial charge in [-0.1, -0.05) is 0 Å². The molecule has 2 fully saturated rings. The first-order valence-corrected chi connectivity index (χ1v) is 4.58. The molecule has 0 aliphatic carbocycles. The van der Waals surface area contributed by atoms with E-state index < -0.39 is 0 Å². The van der Waals surface area contributed by atoms with Crippen LogP contribution in [0.2, 0.25) is 0 Å². The van der Waals surface area contributed by atoms with E-state index in [1.165, 1.54) is 0 Å². The van der Waals surface area contributed by atoms with Crippen molar-refractivity contribution in [2.45, 2.75) is 24.9 Å². The molecule has 1 amide bonds. The van der Waals surface area contributed by atoms with E-state index in [0.717, 1.165) is 26.1 Å². The first kappa shape index (κ1) is 8.01. The van der Waals surface area contributed by atoms with E-state index in [0.29, 0.717) is 18.5 Å². The molecule has 2 saturated heterocycles. The van der Waals surface area contributed by atoms with Gasteiger partial charge in [-0.05, 0) is 6.42 Å². The van der Waals surface area contributed by atoms with Crippen LogP contribution in [0.3, 0.4) is 0 Å². The van der Waals surface area contributed by atoms with Crippen LogP contribution >= 0.6 is 0 Å². The molecule has 1 atom stereocenters. The Kier molecular flexibility index (Phi) is 2.28. The normalized spacial score (nSPS) is 31.0. The Bertz CT molecular complexity index is 169. The van der Waals surface area contributed by atoms with Crippen molar-refractivity contribution in [2.75, 3.05) is 19.6 Å². The van der Waals surface area contributed by atoms with E-state index in [9.17, 15) is 4.79 Å². The van der Waals surface area contributed by atoms with Gasteiger partial charge in [0.05, 0.1) is 0 Å². The maximum Gasteiger partial charge on any atom is 0.220 e. The summed E-state index contributed by atoms with van der Waals surface area (Å²) in [5, 5.41) is 9.57. The van der Waals surface area contributed by atoms with Gasteiger partial charge in [0.15, 0.2) is 0 Å². The lowest BCUT2D eigenvalue weighted by molar-refractivity contribution is -0.122. The zero-order chi connectivity index (χ0) is 8.39. The van der Waals surface area contributed by atoms with Crippen LogP contribution in [0.15, 0.2) is 0 Å². The molecule has 12 heavy (non-hydrogen) atoms. The molecule has 0 radical (unpaired) electrons. The van der Waals surface area contributed by atoms with Gasteiger partial charge in [-0.25, -0.2) is 0 Å². The molecule has 0 aromatic rings. The van der Waals surface area contributed by atoms with Crippen LogP contribution in [0.4, 0.5) is 0 Å². The number of amides is 1. The van der Waals surface area contributed by atoms with Crippen LogP contribution in [0, 0.1) is 0 Å². The molecule has 0 spiro atoms. The Morgan fingerprint density at radius 1 is 1.25 bits per heavy atom. The molecule has 0 bridgehead atoms. The number of piperidine rings is 1. The topological polar surface area (TPSA) is 53.2 Å². The van der Waals surface area contributed by atoms with Crippen LogP contribution in [0.5, 0.6) is 0 Å². The lowest BCUT2D eigenvalue weighted by Gasteiger charge is -2.34. The van der Waals surface area contributed by atoms with Crippen LogP contribution in [-0.4, -0.2) is 37.6 Å². The summed E-state index contributed by atoms with van der Waals surface area (Å²) < 4.78 is 0. The fourth-order valence-electron chi connectivity index (χ4n) is 1.61. The maximum absolute atomic E-state index is 10.8. The van der Waals surface area contributed by atoms with Crippen LogP contribution in [-0.2, 0) is 4.79 Å². The van der Waals surface area contributed by atoms with Crippen molar-refractivity contribution >= 4 is 5.91 Å². The second-order valence-corrected chi connectivity index (χ2v) is 3.56. The van der Waals surface area contributed by atoms with E-state index in [1.807, 2.05) is 0 Å². The maximum atomic E-state index is 10.8. The zero-order valence-corrected chi connectivity index (χ0v) is 7.10. The SMILES string of the molecule is O=C1CCC(NC2CNC2)CN1. The Hall–Kier alpha value is -0.610. The van der Waals surface area contributed by atoms with Crippen molar-refractivity contribution in [3.63, 3.8) is 0 Å². The summed E-state index contributed by atoms with van der Waals surface area (Å²) in [4.78, 5) is 10.8. The highest BCUT2D eigenvalue weighted by molar-refractivity contribution is 5.76. The van der Waals surface area contributed by atoms with Crippen molar-refractivity contribution in [2.24, 2.45) is 0 Å². The summed E-state index contributed by atoms with van der Waals surface area (Å²) in [6.07, 6.45) is 1.67. The van der Waals surface area contributed by atoms with E-state index in [-0.39, 0.29) is 5.91 Å². The minimum atomic E-state index is 0.194. The van der Waals surface area contributed by atoms with Gasteiger partial charge in [0, 0.05) is 38.1 Å². The van der Waals surface area contributed by atoms with Crippen molar-refractivity contribution in [1.82, 2.24) is 16.0 Å². The number of hydrogen-bond donors (Lipinski definition) is 3. The molecule has 2 heterocycles. The highest BCUT2D eigenvalue weighted by atomic mass is 16.1. The van der Waals surface area contributed by atoms with Crippen LogP contribution in [0.25, 0.3) is 0 Å². The molecule has 0 saturated carbocycles. The first-order valence-electron chi connectivity index (χ1n) is 4.58. The molecule has 0 aromatic carbocycles. The summed E-state index contributed by atoms with van der Waals surface area (Å²) >= 11 is 0. The number of nitrogens with one attached hydrogen (secondary N) is 3. The first-order chi connectivity index (χ1) is 5.84. The van der Waals surface area contributed by atoms with Crippen LogP contribution < -0.4 is 16.0 Å². The predicted octanol–water partition coefficient (Wildman–Crippen LogP) is -1.17. The monoisotopic (exact) mass is 169 g/mol. The third kappa shape index (κ3) is 1.76. The number of rotatable bonds is 2. The van der Waals surface area contributed by atoms with Crippen LogP contribution in [0.1, 0.15) is 12.8 Å². The van der Waals surface area contributed by atoms with Crippen molar-refractivity contribution in [3.05, 3.63) is 0 Å². The quantitative estimate of drug-likeness (QED) is 0.488. The largest absolute Gasteiger partial charge is 0.355 e. The van der Waals surface area contributed by atoms with Gasteiger partial charge in [0.2, 0.25) is 5.91 Å². The van der Waals surface area contributed by atoms with E-state index in [2.05, 4.69) is 16.0 Å². The minimum Gasteiger partial charge on any atom is -0.355 e. The smallest absolute Gasteiger partial charge is 0.220 e. The van der Waals surface area contributed by atoms with Gasteiger partial charge >= 0.3 is 0 Å². The Balaban J connectivity index is 1.70. The van der Waals surface area contributed by atoms with Gasteiger partial charge in [0.25, 0.3) is 0 Å². The predicted molar refractivity (Wildman–Crippen MR) is 45.8 cm³/mol. The fourth-order valence-corrected chi connectivity index (χ4v) is 1.61. The molecule has 2 rings (SSSR count). The molecule has 68 valence electrons. The lowest BCUT2D eigenvalue weighted by Crippen LogP contribution is -2.60. The average Bonchev–Trinajstić information content (AvgIpc) is 2.00. The number of carbonyl (C=O) groups is 1. The number of carbonyl (C=O) groups excluding carboxylic acids is 1. The standard InChI is InChI=1S/C8H15N3O/c12-8-2-1-6(5-10-8)11-7-3-9-4-7/h6-7,9,11H,1-5H2,(H,10,12). The highest BCUT2D eigenvalue weighted by Crippen LogP contribution is 2.04. The highest BCUT2D eigenvalue weighted by Gasteiger charge is 2.23. The van der Waals surface area contributed by atoms with Gasteiger partial charge < -0.3 is 16.0 Å². The summed E-state index contributed by atoms with van der Waals surface area (Å²) in [7, 11) is 0. The average molecular weight is 169 g/mol.